The second kappa shape index (κ2) is 8.84. The van der Waals surface area contributed by atoms with E-state index in [1.54, 1.807) is 7.11 Å². The van der Waals surface area contributed by atoms with Crippen molar-refractivity contribution < 1.29 is 19.4 Å². The number of benzene rings is 2. The van der Waals surface area contributed by atoms with Crippen LogP contribution in [0.25, 0.3) is 0 Å². The van der Waals surface area contributed by atoms with Crippen molar-refractivity contribution in [2.45, 2.75) is 50.5 Å². The molecular formula is C24H26O4. The SMILES string of the molecule is COc1ccc([C@@](C)(C#Cc2ccccc2)CC(=O)O)cc1OC1CCCC1. The van der Waals surface area contributed by atoms with E-state index in [-0.39, 0.29) is 12.5 Å². The summed E-state index contributed by atoms with van der Waals surface area (Å²) >= 11 is 0. The zero-order chi connectivity index (χ0) is 20.0. The highest BCUT2D eigenvalue weighted by Crippen LogP contribution is 2.37. The molecule has 3 rings (SSSR count). The molecule has 0 heterocycles. The maximum absolute atomic E-state index is 11.6. The summed E-state index contributed by atoms with van der Waals surface area (Å²) in [4.78, 5) is 11.6. The number of hydrogen-bond acceptors (Lipinski definition) is 3. The summed E-state index contributed by atoms with van der Waals surface area (Å²) in [5.74, 6) is 6.74. The minimum Gasteiger partial charge on any atom is -0.493 e. The van der Waals surface area contributed by atoms with E-state index in [9.17, 15) is 9.90 Å². The van der Waals surface area contributed by atoms with Gasteiger partial charge in [-0.25, -0.2) is 0 Å². The number of hydrogen-bond donors (Lipinski definition) is 1. The molecule has 2 aromatic carbocycles. The van der Waals surface area contributed by atoms with E-state index in [4.69, 9.17) is 9.47 Å². The molecule has 2 aromatic rings. The van der Waals surface area contributed by atoms with Gasteiger partial charge in [-0.05, 0) is 62.4 Å². The Morgan fingerprint density at radius 3 is 2.50 bits per heavy atom. The normalized spacial score (nSPS) is 15.9. The number of carboxylic acid groups (broad SMARTS) is 1. The monoisotopic (exact) mass is 378 g/mol. The lowest BCUT2D eigenvalue weighted by Gasteiger charge is -2.24. The zero-order valence-electron chi connectivity index (χ0n) is 16.4. The van der Waals surface area contributed by atoms with Crippen LogP contribution in [0.1, 0.15) is 50.2 Å². The Balaban J connectivity index is 1.97. The first-order valence-electron chi connectivity index (χ1n) is 9.65. The summed E-state index contributed by atoms with van der Waals surface area (Å²) in [5, 5.41) is 9.48. The topological polar surface area (TPSA) is 55.8 Å². The molecule has 4 heteroatoms. The number of methoxy groups -OCH3 is 1. The Labute approximate surface area is 166 Å². The van der Waals surface area contributed by atoms with Crippen LogP contribution >= 0.6 is 0 Å². The number of rotatable bonds is 6. The van der Waals surface area contributed by atoms with Gasteiger partial charge in [0.1, 0.15) is 0 Å². The second-order valence-corrected chi connectivity index (χ2v) is 7.41. The van der Waals surface area contributed by atoms with E-state index in [2.05, 4.69) is 11.8 Å². The minimum atomic E-state index is -0.890. The largest absolute Gasteiger partial charge is 0.493 e. The molecule has 146 valence electrons. The van der Waals surface area contributed by atoms with Crippen LogP contribution in [0, 0.1) is 11.8 Å². The standard InChI is InChI=1S/C24H26O4/c1-24(17-23(25)26,15-14-18-8-4-3-5-9-18)19-12-13-21(27-2)22(16-19)28-20-10-6-7-11-20/h3-5,8-9,12-13,16,20H,6-7,10-11,17H2,1-2H3,(H,25,26)/t24-/m0/s1. The second-order valence-electron chi connectivity index (χ2n) is 7.41. The molecule has 0 unspecified atom stereocenters. The van der Waals surface area contributed by atoms with Crippen LogP contribution in [0.15, 0.2) is 48.5 Å². The van der Waals surface area contributed by atoms with Crippen molar-refractivity contribution in [1.29, 1.82) is 0 Å². The highest BCUT2D eigenvalue weighted by Gasteiger charge is 2.29. The molecule has 1 saturated carbocycles. The van der Waals surface area contributed by atoms with Crippen LogP contribution in [-0.4, -0.2) is 24.3 Å². The first-order valence-corrected chi connectivity index (χ1v) is 9.65. The van der Waals surface area contributed by atoms with Gasteiger partial charge in [0.15, 0.2) is 11.5 Å². The lowest BCUT2D eigenvalue weighted by atomic mass is 9.79. The molecule has 1 aliphatic rings. The van der Waals surface area contributed by atoms with Gasteiger partial charge < -0.3 is 14.6 Å². The van der Waals surface area contributed by atoms with Gasteiger partial charge in [0.25, 0.3) is 0 Å². The van der Waals surface area contributed by atoms with Gasteiger partial charge in [0.05, 0.1) is 25.0 Å². The highest BCUT2D eigenvalue weighted by atomic mass is 16.5. The van der Waals surface area contributed by atoms with Crippen molar-refractivity contribution in [3.05, 3.63) is 59.7 Å². The number of carbonyl (C=O) groups is 1. The summed E-state index contributed by atoms with van der Waals surface area (Å²) in [6.45, 7) is 1.86. The third kappa shape index (κ3) is 4.86. The summed E-state index contributed by atoms with van der Waals surface area (Å²) in [6.07, 6.45) is 4.51. The fourth-order valence-electron chi connectivity index (χ4n) is 3.55. The molecule has 1 fully saturated rings. The first kappa shape index (κ1) is 19.8. The van der Waals surface area contributed by atoms with Gasteiger partial charge in [0, 0.05) is 5.56 Å². The van der Waals surface area contributed by atoms with Gasteiger partial charge in [-0.3, -0.25) is 4.79 Å². The Kier molecular flexibility index (Phi) is 6.26. The lowest BCUT2D eigenvalue weighted by molar-refractivity contribution is -0.137. The predicted molar refractivity (Wildman–Crippen MR) is 109 cm³/mol. The maximum atomic E-state index is 11.6. The molecule has 0 spiro atoms. The summed E-state index contributed by atoms with van der Waals surface area (Å²) in [5.41, 5.74) is 0.823. The molecule has 0 aliphatic heterocycles. The van der Waals surface area contributed by atoms with Crippen molar-refractivity contribution >= 4 is 5.97 Å². The van der Waals surface area contributed by atoms with Crippen LogP contribution < -0.4 is 9.47 Å². The maximum Gasteiger partial charge on any atom is 0.305 e. The predicted octanol–water partition coefficient (Wildman–Crippen LogP) is 4.80. The van der Waals surface area contributed by atoms with Crippen LogP contribution in [-0.2, 0) is 10.2 Å². The van der Waals surface area contributed by atoms with Crippen molar-refractivity contribution in [2.75, 3.05) is 7.11 Å². The molecular weight excluding hydrogens is 352 g/mol. The van der Waals surface area contributed by atoms with E-state index < -0.39 is 11.4 Å². The smallest absolute Gasteiger partial charge is 0.305 e. The van der Waals surface area contributed by atoms with Crippen LogP contribution in [0.4, 0.5) is 0 Å². The van der Waals surface area contributed by atoms with Gasteiger partial charge in [-0.2, -0.15) is 0 Å². The molecule has 1 N–H and O–H groups in total. The Morgan fingerprint density at radius 1 is 1.14 bits per heavy atom. The average molecular weight is 378 g/mol. The zero-order valence-corrected chi connectivity index (χ0v) is 16.4. The van der Waals surface area contributed by atoms with E-state index in [0.29, 0.717) is 11.5 Å². The summed E-state index contributed by atoms with van der Waals surface area (Å²) in [6, 6.07) is 15.2. The fourth-order valence-corrected chi connectivity index (χ4v) is 3.55. The van der Waals surface area contributed by atoms with Crippen molar-refractivity contribution in [1.82, 2.24) is 0 Å². The van der Waals surface area contributed by atoms with Crippen molar-refractivity contribution in [3.63, 3.8) is 0 Å². The molecule has 28 heavy (non-hydrogen) atoms. The van der Waals surface area contributed by atoms with E-state index in [1.807, 2.05) is 55.5 Å². The number of carboxylic acids is 1. The Hall–Kier alpha value is -2.93. The number of aliphatic carboxylic acids is 1. The van der Waals surface area contributed by atoms with E-state index >= 15 is 0 Å². The van der Waals surface area contributed by atoms with Crippen LogP contribution in [0.3, 0.4) is 0 Å². The van der Waals surface area contributed by atoms with Crippen molar-refractivity contribution in [2.24, 2.45) is 0 Å². The van der Waals surface area contributed by atoms with Crippen LogP contribution in [0.5, 0.6) is 11.5 Å². The van der Waals surface area contributed by atoms with Gasteiger partial charge >= 0.3 is 5.97 Å². The highest BCUT2D eigenvalue weighted by molar-refractivity contribution is 5.70. The minimum absolute atomic E-state index is 0.0952. The first-order chi connectivity index (χ1) is 13.5. The lowest BCUT2D eigenvalue weighted by Crippen LogP contribution is -2.24. The molecule has 1 atom stereocenters. The molecule has 1 aliphatic carbocycles. The molecule has 0 bridgehead atoms. The summed E-state index contributed by atoms with van der Waals surface area (Å²) in [7, 11) is 1.61. The van der Waals surface area contributed by atoms with Crippen LogP contribution in [0.2, 0.25) is 0 Å². The molecule has 0 amide bonds. The third-order valence-electron chi connectivity index (χ3n) is 5.16. The fraction of sp³-hybridized carbons (Fsp3) is 0.375. The molecule has 0 aromatic heterocycles. The van der Waals surface area contributed by atoms with Gasteiger partial charge in [-0.15, -0.1) is 0 Å². The molecule has 0 radical (unpaired) electrons. The third-order valence-corrected chi connectivity index (χ3v) is 5.16. The quantitative estimate of drug-likeness (QED) is 0.734. The van der Waals surface area contributed by atoms with Gasteiger partial charge in [-0.1, -0.05) is 36.1 Å². The van der Waals surface area contributed by atoms with E-state index in [0.717, 1.165) is 24.0 Å². The molecule has 4 nitrogen and oxygen atoms in total. The Bertz CT molecular complexity index is 872. The summed E-state index contributed by atoms with van der Waals surface area (Å²) < 4.78 is 11.6. The average Bonchev–Trinajstić information content (AvgIpc) is 3.20. The van der Waals surface area contributed by atoms with E-state index in [1.165, 1.54) is 12.8 Å². The molecule has 0 saturated heterocycles. The van der Waals surface area contributed by atoms with Gasteiger partial charge in [0.2, 0.25) is 0 Å². The number of ether oxygens (including phenoxy) is 2. The Morgan fingerprint density at radius 2 is 1.86 bits per heavy atom. The van der Waals surface area contributed by atoms with Crippen molar-refractivity contribution in [3.8, 4) is 23.3 Å².